The van der Waals surface area contributed by atoms with Gasteiger partial charge in [-0.15, -0.1) is 0 Å². The molecule has 0 saturated carbocycles. The van der Waals surface area contributed by atoms with Gasteiger partial charge in [0.1, 0.15) is 11.3 Å². The van der Waals surface area contributed by atoms with Crippen molar-refractivity contribution in [3.05, 3.63) is 11.3 Å². The Labute approximate surface area is 153 Å². The summed E-state index contributed by atoms with van der Waals surface area (Å²) in [5, 5.41) is 10.00. The number of allylic oxidation sites excluding steroid dienone is 1. The molecule has 1 saturated heterocycles. The molecular weight excluding hydrogens is 314 g/mol. The number of aliphatic hydroxyl groups is 1. The number of nitrogens with zero attached hydrogens (tertiary/aromatic N) is 1. The number of ketones is 1. The standard InChI is InChI=1S/C21H37NO3/c1-4-17(2)14-12-10-8-6-5-7-9-11-13-15-18(23)20-19(24)16-22(3)21(20)25/h17,23H,4-16H2,1-3H3. The Morgan fingerprint density at radius 2 is 1.52 bits per heavy atom. The minimum absolute atomic E-state index is 0.0133. The van der Waals surface area contributed by atoms with Crippen molar-refractivity contribution in [1.82, 2.24) is 4.90 Å². The van der Waals surface area contributed by atoms with Crippen molar-refractivity contribution in [1.29, 1.82) is 0 Å². The lowest BCUT2D eigenvalue weighted by atomic mass is 9.99. The fourth-order valence-electron chi connectivity index (χ4n) is 3.31. The Morgan fingerprint density at radius 1 is 1.00 bits per heavy atom. The molecule has 4 nitrogen and oxygen atoms in total. The second-order valence-corrected chi connectivity index (χ2v) is 7.64. The number of likely N-dealkylation sites (N-methyl/N-ethyl adjacent to an activating group) is 1. The van der Waals surface area contributed by atoms with Crippen LogP contribution in [-0.4, -0.2) is 35.3 Å². The average molecular weight is 352 g/mol. The summed E-state index contributed by atoms with van der Waals surface area (Å²) in [6, 6.07) is 0. The minimum atomic E-state index is -0.337. The van der Waals surface area contributed by atoms with Crippen LogP contribution in [0.5, 0.6) is 0 Å². The Hall–Kier alpha value is -1.32. The van der Waals surface area contributed by atoms with E-state index in [1.54, 1.807) is 7.05 Å². The Bertz CT molecular complexity index is 456. The third-order valence-electron chi connectivity index (χ3n) is 5.32. The van der Waals surface area contributed by atoms with E-state index in [4.69, 9.17) is 0 Å². The van der Waals surface area contributed by atoms with E-state index in [0.717, 1.165) is 25.2 Å². The van der Waals surface area contributed by atoms with E-state index in [1.165, 1.54) is 56.3 Å². The molecule has 1 unspecified atom stereocenters. The lowest BCUT2D eigenvalue weighted by molar-refractivity contribution is -0.123. The van der Waals surface area contributed by atoms with E-state index in [2.05, 4.69) is 13.8 Å². The summed E-state index contributed by atoms with van der Waals surface area (Å²) in [5.41, 5.74) is 0.0138. The second kappa shape index (κ2) is 12.1. The van der Waals surface area contributed by atoms with E-state index in [1.807, 2.05) is 0 Å². The van der Waals surface area contributed by atoms with Gasteiger partial charge in [0.05, 0.1) is 6.54 Å². The quantitative estimate of drug-likeness (QED) is 0.215. The number of hydrogen-bond acceptors (Lipinski definition) is 3. The molecule has 1 atom stereocenters. The SMILES string of the molecule is CCC(C)CCCCCCCCCCCC(O)=C1C(=O)CN(C)C1=O. The monoisotopic (exact) mass is 351 g/mol. The molecule has 1 aliphatic heterocycles. The van der Waals surface area contributed by atoms with Gasteiger partial charge < -0.3 is 10.0 Å². The molecule has 4 heteroatoms. The second-order valence-electron chi connectivity index (χ2n) is 7.64. The van der Waals surface area contributed by atoms with Gasteiger partial charge in [-0.1, -0.05) is 78.1 Å². The fourth-order valence-corrected chi connectivity index (χ4v) is 3.31. The van der Waals surface area contributed by atoms with E-state index in [-0.39, 0.29) is 29.6 Å². The molecule has 0 aromatic carbocycles. The summed E-state index contributed by atoms with van der Waals surface area (Å²) >= 11 is 0. The topological polar surface area (TPSA) is 57.6 Å². The van der Waals surface area contributed by atoms with Crippen LogP contribution in [0.15, 0.2) is 11.3 Å². The van der Waals surface area contributed by atoms with Crippen LogP contribution in [0, 0.1) is 5.92 Å². The first-order chi connectivity index (χ1) is 12.0. The third-order valence-corrected chi connectivity index (χ3v) is 5.32. The largest absolute Gasteiger partial charge is 0.511 e. The van der Waals surface area contributed by atoms with Gasteiger partial charge in [-0.05, 0) is 12.3 Å². The van der Waals surface area contributed by atoms with Crippen LogP contribution < -0.4 is 0 Å². The zero-order chi connectivity index (χ0) is 18.7. The summed E-state index contributed by atoms with van der Waals surface area (Å²) in [5.74, 6) is 0.274. The van der Waals surface area contributed by atoms with Crippen LogP contribution in [0.3, 0.4) is 0 Å². The van der Waals surface area contributed by atoms with Crippen molar-refractivity contribution in [2.45, 2.75) is 90.9 Å². The van der Waals surface area contributed by atoms with Crippen LogP contribution in [-0.2, 0) is 9.59 Å². The number of unbranched alkanes of at least 4 members (excludes halogenated alkanes) is 8. The Kier molecular flexibility index (Phi) is 10.5. The molecule has 0 spiro atoms. The molecule has 0 bridgehead atoms. The first-order valence-corrected chi connectivity index (χ1v) is 10.2. The van der Waals surface area contributed by atoms with Gasteiger partial charge in [0, 0.05) is 13.5 Å². The highest BCUT2D eigenvalue weighted by atomic mass is 16.3. The molecule has 1 fully saturated rings. The third kappa shape index (κ3) is 8.06. The maximum absolute atomic E-state index is 11.8. The van der Waals surface area contributed by atoms with Gasteiger partial charge >= 0.3 is 0 Å². The van der Waals surface area contributed by atoms with Gasteiger partial charge in [-0.3, -0.25) is 9.59 Å². The van der Waals surface area contributed by atoms with Crippen molar-refractivity contribution in [2.24, 2.45) is 5.92 Å². The van der Waals surface area contributed by atoms with Crippen LogP contribution >= 0.6 is 0 Å². The van der Waals surface area contributed by atoms with E-state index in [0.29, 0.717) is 6.42 Å². The zero-order valence-corrected chi connectivity index (χ0v) is 16.5. The molecular formula is C21H37NO3. The molecule has 25 heavy (non-hydrogen) atoms. The van der Waals surface area contributed by atoms with E-state index in [9.17, 15) is 14.7 Å². The number of amides is 1. The predicted octanol–water partition coefficient (Wildman–Crippen LogP) is 5.18. The van der Waals surface area contributed by atoms with Crippen molar-refractivity contribution in [3.8, 4) is 0 Å². The van der Waals surface area contributed by atoms with Crippen LogP contribution in [0.4, 0.5) is 0 Å². The van der Waals surface area contributed by atoms with Crippen molar-refractivity contribution >= 4 is 11.7 Å². The highest BCUT2D eigenvalue weighted by Crippen LogP contribution is 2.20. The summed E-state index contributed by atoms with van der Waals surface area (Å²) in [4.78, 5) is 24.8. The Morgan fingerprint density at radius 3 is 2.00 bits per heavy atom. The molecule has 0 aliphatic carbocycles. The molecule has 144 valence electrons. The number of rotatable bonds is 13. The summed E-state index contributed by atoms with van der Waals surface area (Å²) in [6.07, 6.45) is 14.1. The van der Waals surface area contributed by atoms with Gasteiger partial charge in [-0.2, -0.15) is 0 Å². The first kappa shape index (κ1) is 21.7. The molecule has 1 heterocycles. The van der Waals surface area contributed by atoms with Gasteiger partial charge in [0.25, 0.3) is 5.91 Å². The van der Waals surface area contributed by atoms with E-state index < -0.39 is 0 Å². The number of hydrogen-bond donors (Lipinski definition) is 1. The number of carbonyl (C=O) groups is 2. The molecule has 1 rings (SSSR count). The van der Waals surface area contributed by atoms with Gasteiger partial charge in [0.2, 0.25) is 0 Å². The number of aliphatic hydroxyl groups excluding tert-OH is 1. The summed E-state index contributed by atoms with van der Waals surface area (Å²) in [7, 11) is 1.59. The lowest BCUT2D eigenvalue weighted by Gasteiger charge is -2.07. The van der Waals surface area contributed by atoms with E-state index >= 15 is 0 Å². The maximum Gasteiger partial charge on any atom is 0.261 e. The maximum atomic E-state index is 11.8. The van der Waals surface area contributed by atoms with Crippen molar-refractivity contribution < 1.29 is 14.7 Å². The molecule has 1 amide bonds. The minimum Gasteiger partial charge on any atom is -0.511 e. The van der Waals surface area contributed by atoms with Gasteiger partial charge in [0.15, 0.2) is 5.78 Å². The molecule has 1 aliphatic rings. The number of carbonyl (C=O) groups excluding carboxylic acids is 2. The normalized spacial score (nSPS) is 18.1. The molecule has 1 N–H and O–H groups in total. The average Bonchev–Trinajstić information content (AvgIpc) is 2.84. The lowest BCUT2D eigenvalue weighted by Crippen LogP contribution is -2.19. The van der Waals surface area contributed by atoms with Gasteiger partial charge in [-0.25, -0.2) is 0 Å². The number of likely N-dealkylation sites (tertiary alicyclic amines) is 1. The molecule has 0 aromatic rings. The van der Waals surface area contributed by atoms with Crippen LogP contribution in [0.1, 0.15) is 90.9 Å². The van der Waals surface area contributed by atoms with Crippen molar-refractivity contribution in [2.75, 3.05) is 13.6 Å². The first-order valence-electron chi connectivity index (χ1n) is 10.2. The predicted molar refractivity (Wildman–Crippen MR) is 103 cm³/mol. The summed E-state index contributed by atoms with van der Waals surface area (Å²) < 4.78 is 0. The van der Waals surface area contributed by atoms with Crippen LogP contribution in [0.25, 0.3) is 0 Å². The summed E-state index contributed by atoms with van der Waals surface area (Å²) in [6.45, 7) is 4.70. The highest BCUT2D eigenvalue weighted by Gasteiger charge is 2.33. The van der Waals surface area contributed by atoms with Crippen LogP contribution in [0.2, 0.25) is 0 Å². The fraction of sp³-hybridized carbons (Fsp3) is 0.810. The highest BCUT2D eigenvalue weighted by molar-refractivity contribution is 6.25. The zero-order valence-electron chi connectivity index (χ0n) is 16.5. The Balaban J connectivity index is 2.00. The number of Topliss-reactive ketones (excluding diaryl/α,β-unsaturated/α-hetero) is 1. The van der Waals surface area contributed by atoms with Crippen molar-refractivity contribution in [3.63, 3.8) is 0 Å². The molecule has 0 aromatic heterocycles. The smallest absolute Gasteiger partial charge is 0.261 e. The molecule has 0 radical (unpaired) electrons.